The molecule has 3 heteroatoms. The number of hydrogen-bond acceptors (Lipinski definition) is 2. The van der Waals surface area contributed by atoms with Gasteiger partial charge in [0.2, 0.25) is 0 Å². The number of para-hydroxylation sites is 3. The van der Waals surface area contributed by atoms with E-state index in [9.17, 15) is 0 Å². The fraction of sp³-hybridized carbons (Fsp3) is 0. The molecule has 0 saturated carbocycles. The summed E-state index contributed by atoms with van der Waals surface area (Å²) in [6, 6.07) is 64.9. The Hall–Kier alpha value is -6.58. The Morgan fingerprint density at radius 2 is 1.06 bits per heavy atom. The van der Waals surface area contributed by atoms with Crippen molar-refractivity contribution in [3.63, 3.8) is 0 Å². The summed E-state index contributed by atoms with van der Waals surface area (Å²) < 4.78 is 9.06. The van der Waals surface area contributed by atoms with Crippen LogP contribution in [0, 0.1) is 0 Å². The molecule has 0 N–H and O–H groups in total. The predicted molar refractivity (Wildman–Crippen MR) is 206 cm³/mol. The van der Waals surface area contributed by atoms with Gasteiger partial charge in [-0.2, -0.15) is 0 Å². The molecule has 0 aliphatic rings. The summed E-state index contributed by atoms with van der Waals surface area (Å²) in [6.07, 6.45) is 0. The molecule has 8 aromatic carbocycles. The molecule has 0 spiro atoms. The highest BCUT2D eigenvalue weighted by Gasteiger charge is 2.24. The summed E-state index contributed by atoms with van der Waals surface area (Å²) >= 11 is 0. The number of aromatic nitrogens is 1. The van der Waals surface area contributed by atoms with Crippen LogP contribution in [0.5, 0.6) is 0 Å². The molecule has 0 aliphatic carbocycles. The molecule has 0 bridgehead atoms. The van der Waals surface area contributed by atoms with Crippen molar-refractivity contribution >= 4 is 71.6 Å². The first-order chi connectivity index (χ1) is 24.3. The average molecular weight is 627 g/mol. The van der Waals surface area contributed by atoms with Gasteiger partial charge in [-0.3, -0.25) is 0 Å². The molecule has 10 rings (SSSR count). The number of furan rings is 1. The van der Waals surface area contributed by atoms with Gasteiger partial charge in [0.05, 0.1) is 11.0 Å². The molecule has 0 amide bonds. The number of nitrogens with zero attached hydrogens (tertiary/aromatic N) is 2. The van der Waals surface area contributed by atoms with Gasteiger partial charge in [-0.1, -0.05) is 121 Å². The maximum atomic E-state index is 6.64. The summed E-state index contributed by atoms with van der Waals surface area (Å²) in [5, 5.41) is 7.10. The lowest BCUT2D eigenvalue weighted by Crippen LogP contribution is -2.09. The zero-order chi connectivity index (χ0) is 32.3. The SMILES string of the molecule is c1ccc(-c2c3c(cc4c2c2ccc(N(c5ccccc5)c5ccccc5)cc2n4-c2ccc4ccccc4c2)oc2ccccc23)cc1. The molecule has 2 aromatic heterocycles. The minimum absolute atomic E-state index is 0.882. The minimum Gasteiger partial charge on any atom is -0.456 e. The lowest BCUT2D eigenvalue weighted by molar-refractivity contribution is 0.669. The number of benzene rings is 8. The molecule has 0 radical (unpaired) electrons. The first-order valence-corrected chi connectivity index (χ1v) is 16.7. The van der Waals surface area contributed by atoms with Crippen LogP contribution >= 0.6 is 0 Å². The normalized spacial score (nSPS) is 11.7. The van der Waals surface area contributed by atoms with Gasteiger partial charge in [0.15, 0.2) is 0 Å². The van der Waals surface area contributed by atoms with E-state index in [4.69, 9.17) is 4.42 Å². The molecular weight excluding hydrogens is 597 g/mol. The average Bonchev–Trinajstić information content (AvgIpc) is 3.70. The van der Waals surface area contributed by atoms with Gasteiger partial charge in [0, 0.05) is 55.9 Å². The topological polar surface area (TPSA) is 21.3 Å². The van der Waals surface area contributed by atoms with Gasteiger partial charge in [0.25, 0.3) is 0 Å². The summed E-state index contributed by atoms with van der Waals surface area (Å²) in [4.78, 5) is 2.33. The molecule has 10 aromatic rings. The number of fused-ring (bicyclic) bond motifs is 7. The van der Waals surface area contributed by atoms with E-state index >= 15 is 0 Å². The van der Waals surface area contributed by atoms with E-state index in [2.05, 4.69) is 185 Å². The summed E-state index contributed by atoms with van der Waals surface area (Å²) in [5.74, 6) is 0. The lowest BCUT2D eigenvalue weighted by atomic mass is 9.94. The minimum atomic E-state index is 0.882. The molecule has 3 nitrogen and oxygen atoms in total. The van der Waals surface area contributed by atoms with E-state index in [0.29, 0.717) is 0 Å². The van der Waals surface area contributed by atoms with Crippen LogP contribution in [-0.2, 0) is 0 Å². The predicted octanol–water partition coefficient (Wildman–Crippen LogP) is 13.0. The van der Waals surface area contributed by atoms with Gasteiger partial charge in [0.1, 0.15) is 11.2 Å². The molecule has 0 aliphatic heterocycles. The van der Waals surface area contributed by atoms with Crippen LogP contribution in [0.25, 0.3) is 71.3 Å². The molecular formula is C46H30N2O. The third-order valence-electron chi connectivity index (χ3n) is 9.72. The van der Waals surface area contributed by atoms with Crippen molar-refractivity contribution in [2.45, 2.75) is 0 Å². The maximum Gasteiger partial charge on any atom is 0.138 e. The summed E-state index contributed by atoms with van der Waals surface area (Å²) in [5.41, 5.74) is 10.8. The Morgan fingerprint density at radius 1 is 0.408 bits per heavy atom. The van der Waals surface area contributed by atoms with Crippen molar-refractivity contribution < 1.29 is 4.42 Å². The Morgan fingerprint density at radius 3 is 1.82 bits per heavy atom. The molecule has 0 atom stereocenters. The van der Waals surface area contributed by atoms with Crippen molar-refractivity contribution in [2.75, 3.05) is 4.90 Å². The molecule has 0 saturated heterocycles. The van der Waals surface area contributed by atoms with Crippen LogP contribution in [-0.4, -0.2) is 4.57 Å². The maximum absolute atomic E-state index is 6.64. The summed E-state index contributed by atoms with van der Waals surface area (Å²) in [7, 11) is 0. The van der Waals surface area contributed by atoms with Gasteiger partial charge < -0.3 is 13.9 Å². The quantitative estimate of drug-likeness (QED) is 0.190. The third-order valence-corrected chi connectivity index (χ3v) is 9.72. The molecule has 49 heavy (non-hydrogen) atoms. The van der Waals surface area contributed by atoms with Crippen LogP contribution < -0.4 is 4.90 Å². The third kappa shape index (κ3) is 4.37. The fourth-order valence-corrected chi connectivity index (χ4v) is 7.60. The Labute approximate surface area is 283 Å². The van der Waals surface area contributed by atoms with E-state index in [1.165, 1.54) is 32.7 Å². The van der Waals surface area contributed by atoms with Crippen molar-refractivity contribution in [1.82, 2.24) is 4.57 Å². The van der Waals surface area contributed by atoms with Crippen molar-refractivity contribution in [3.8, 4) is 16.8 Å². The van der Waals surface area contributed by atoms with Crippen LogP contribution in [0.2, 0.25) is 0 Å². The monoisotopic (exact) mass is 626 g/mol. The number of hydrogen-bond donors (Lipinski definition) is 0. The lowest BCUT2D eigenvalue weighted by Gasteiger charge is -2.25. The molecule has 2 heterocycles. The highest BCUT2D eigenvalue weighted by Crippen LogP contribution is 2.47. The van der Waals surface area contributed by atoms with Crippen LogP contribution in [0.3, 0.4) is 0 Å². The van der Waals surface area contributed by atoms with Gasteiger partial charge in [-0.25, -0.2) is 0 Å². The fourth-order valence-electron chi connectivity index (χ4n) is 7.60. The van der Waals surface area contributed by atoms with Crippen molar-refractivity contribution in [1.29, 1.82) is 0 Å². The van der Waals surface area contributed by atoms with Crippen molar-refractivity contribution in [3.05, 3.63) is 182 Å². The molecule has 0 unspecified atom stereocenters. The second-order valence-corrected chi connectivity index (χ2v) is 12.6. The summed E-state index contributed by atoms with van der Waals surface area (Å²) in [6.45, 7) is 0. The molecule has 0 fully saturated rings. The Kier molecular flexibility index (Phi) is 6.18. The van der Waals surface area contributed by atoms with Gasteiger partial charge >= 0.3 is 0 Å². The first kappa shape index (κ1) is 27.5. The van der Waals surface area contributed by atoms with E-state index in [1.54, 1.807) is 0 Å². The first-order valence-electron chi connectivity index (χ1n) is 16.7. The smallest absolute Gasteiger partial charge is 0.138 e. The van der Waals surface area contributed by atoms with E-state index in [0.717, 1.165) is 55.7 Å². The van der Waals surface area contributed by atoms with Crippen LogP contribution in [0.15, 0.2) is 186 Å². The Bertz CT molecular complexity index is 2770. The van der Waals surface area contributed by atoms with Gasteiger partial charge in [-0.15, -0.1) is 0 Å². The van der Waals surface area contributed by atoms with E-state index in [-0.39, 0.29) is 0 Å². The second kappa shape index (κ2) is 11.0. The highest BCUT2D eigenvalue weighted by molar-refractivity contribution is 6.27. The van der Waals surface area contributed by atoms with Gasteiger partial charge in [-0.05, 0) is 70.9 Å². The van der Waals surface area contributed by atoms with E-state index < -0.39 is 0 Å². The van der Waals surface area contributed by atoms with Crippen molar-refractivity contribution in [2.24, 2.45) is 0 Å². The largest absolute Gasteiger partial charge is 0.456 e. The molecule has 230 valence electrons. The van der Waals surface area contributed by atoms with E-state index in [1.807, 2.05) is 6.07 Å². The zero-order valence-electron chi connectivity index (χ0n) is 26.6. The second-order valence-electron chi connectivity index (χ2n) is 12.6. The highest BCUT2D eigenvalue weighted by atomic mass is 16.3. The number of anilines is 3. The van der Waals surface area contributed by atoms with Crippen LogP contribution in [0.4, 0.5) is 17.1 Å². The number of rotatable bonds is 5. The Balaban J connectivity index is 1.37. The standard InChI is InChI=1S/C46H30N2O/c1-4-15-32(16-5-1)44-45-38-27-26-37(47(34-18-6-2-7-19-34)35-20-8-3-9-21-35)29-40(38)48(36-25-24-31-14-10-11-17-33(31)28-36)41(45)30-43-46(44)39-22-12-13-23-42(39)49-43/h1-30H. The zero-order valence-corrected chi connectivity index (χ0v) is 26.6. The van der Waals surface area contributed by atoms with Crippen LogP contribution in [0.1, 0.15) is 0 Å².